The first-order valence-corrected chi connectivity index (χ1v) is 13.8. The Hall–Kier alpha value is -2.17. The lowest BCUT2D eigenvalue weighted by atomic mass is 9.95. The van der Waals surface area contributed by atoms with Crippen LogP contribution in [0.25, 0.3) is 11.4 Å². The molecule has 3 aromatic rings. The van der Waals surface area contributed by atoms with E-state index in [0.717, 1.165) is 47.2 Å². The van der Waals surface area contributed by atoms with Gasteiger partial charge in [0, 0.05) is 27.2 Å². The molecule has 0 radical (unpaired) electrons. The molecule has 1 N–H and O–H groups in total. The van der Waals surface area contributed by atoms with E-state index in [1.54, 1.807) is 0 Å². The van der Waals surface area contributed by atoms with Crippen molar-refractivity contribution in [3.63, 3.8) is 0 Å². The number of thioether (sulfide) groups is 1. The van der Waals surface area contributed by atoms with Crippen LogP contribution in [0.5, 0.6) is 0 Å². The topological polar surface area (TPSA) is 86.1 Å². The summed E-state index contributed by atoms with van der Waals surface area (Å²) in [6.45, 7) is 6.71. The van der Waals surface area contributed by atoms with Gasteiger partial charge in [-0.1, -0.05) is 18.7 Å². The molecule has 1 aliphatic rings. The van der Waals surface area contributed by atoms with E-state index in [9.17, 15) is 9.59 Å². The van der Waals surface area contributed by atoms with Gasteiger partial charge in [-0.2, -0.15) is 0 Å². The fourth-order valence-corrected chi connectivity index (χ4v) is 7.01. The van der Waals surface area contributed by atoms with E-state index in [4.69, 9.17) is 4.74 Å². The van der Waals surface area contributed by atoms with Crippen LogP contribution in [-0.4, -0.2) is 39.5 Å². The fourth-order valence-electron chi connectivity index (χ4n) is 4.06. The van der Waals surface area contributed by atoms with Gasteiger partial charge in [0.15, 0.2) is 11.0 Å². The SMILES string of the molecule is CCCn1c(SCC(=O)Nc2sc(C)c(C)c2C(=O)OC)nnc1-c1csc2c1CCCC2. The Balaban J connectivity index is 1.50. The highest BCUT2D eigenvalue weighted by molar-refractivity contribution is 7.99. The third kappa shape index (κ3) is 4.88. The number of esters is 1. The van der Waals surface area contributed by atoms with Crippen LogP contribution in [0.3, 0.4) is 0 Å². The second-order valence-electron chi connectivity index (χ2n) is 8.03. The Morgan fingerprint density at radius 1 is 1.24 bits per heavy atom. The molecule has 0 aliphatic heterocycles. The summed E-state index contributed by atoms with van der Waals surface area (Å²) in [4.78, 5) is 27.4. The molecule has 176 valence electrons. The molecule has 33 heavy (non-hydrogen) atoms. The third-order valence-electron chi connectivity index (χ3n) is 5.83. The highest BCUT2D eigenvalue weighted by Gasteiger charge is 2.24. The van der Waals surface area contributed by atoms with E-state index in [-0.39, 0.29) is 11.7 Å². The Morgan fingerprint density at radius 2 is 2.03 bits per heavy atom. The molecular weight excluding hydrogens is 476 g/mol. The molecule has 0 saturated carbocycles. The van der Waals surface area contributed by atoms with Crippen molar-refractivity contribution in [1.29, 1.82) is 0 Å². The zero-order valence-electron chi connectivity index (χ0n) is 19.3. The Kier molecular flexibility index (Phi) is 7.55. The Bertz CT molecular complexity index is 1180. The average Bonchev–Trinajstić information content (AvgIpc) is 3.48. The number of hydrogen-bond donors (Lipinski definition) is 1. The number of aryl methyl sites for hydroxylation is 2. The second-order valence-corrected chi connectivity index (χ2v) is 11.2. The summed E-state index contributed by atoms with van der Waals surface area (Å²) in [5.41, 5.74) is 3.88. The van der Waals surface area contributed by atoms with Crippen molar-refractivity contribution in [2.75, 3.05) is 18.2 Å². The van der Waals surface area contributed by atoms with Crippen LogP contribution in [0, 0.1) is 13.8 Å². The average molecular weight is 505 g/mol. The highest BCUT2D eigenvalue weighted by atomic mass is 32.2. The lowest BCUT2D eigenvalue weighted by molar-refractivity contribution is -0.113. The van der Waals surface area contributed by atoms with E-state index in [0.29, 0.717) is 10.6 Å². The Morgan fingerprint density at radius 3 is 2.79 bits per heavy atom. The van der Waals surface area contributed by atoms with Gasteiger partial charge >= 0.3 is 5.97 Å². The number of thiophene rings is 2. The molecule has 10 heteroatoms. The number of rotatable bonds is 8. The molecule has 4 rings (SSSR count). The molecule has 3 heterocycles. The minimum Gasteiger partial charge on any atom is -0.465 e. The van der Waals surface area contributed by atoms with Gasteiger partial charge in [0.05, 0.1) is 18.4 Å². The van der Waals surface area contributed by atoms with Crippen LogP contribution in [-0.2, 0) is 28.9 Å². The number of hydrogen-bond acceptors (Lipinski definition) is 8. The van der Waals surface area contributed by atoms with Crippen molar-refractivity contribution in [2.24, 2.45) is 0 Å². The third-order valence-corrected chi connectivity index (χ3v) is 9.00. The van der Waals surface area contributed by atoms with Crippen LogP contribution in [0.4, 0.5) is 5.00 Å². The van der Waals surface area contributed by atoms with Crippen molar-refractivity contribution < 1.29 is 14.3 Å². The van der Waals surface area contributed by atoms with Gasteiger partial charge in [-0.25, -0.2) is 4.79 Å². The normalized spacial score (nSPS) is 13.1. The van der Waals surface area contributed by atoms with E-state index in [1.165, 1.54) is 59.1 Å². The minimum atomic E-state index is -0.439. The maximum Gasteiger partial charge on any atom is 0.341 e. The van der Waals surface area contributed by atoms with Crippen molar-refractivity contribution in [3.05, 3.63) is 31.8 Å². The van der Waals surface area contributed by atoms with Gasteiger partial charge < -0.3 is 14.6 Å². The monoisotopic (exact) mass is 504 g/mol. The number of carbonyl (C=O) groups is 2. The molecular formula is C23H28N4O3S3. The van der Waals surface area contributed by atoms with Gasteiger partial charge in [-0.3, -0.25) is 4.79 Å². The predicted octanol–water partition coefficient (Wildman–Crippen LogP) is 5.49. The minimum absolute atomic E-state index is 0.181. The summed E-state index contributed by atoms with van der Waals surface area (Å²) in [7, 11) is 1.35. The summed E-state index contributed by atoms with van der Waals surface area (Å²) in [6.07, 6.45) is 5.67. The molecule has 0 spiro atoms. The Labute approximate surface area is 206 Å². The molecule has 0 fully saturated rings. The van der Waals surface area contributed by atoms with Gasteiger partial charge in [-0.05, 0) is 57.1 Å². The van der Waals surface area contributed by atoms with Gasteiger partial charge in [0.2, 0.25) is 5.91 Å². The molecule has 0 bridgehead atoms. The second kappa shape index (κ2) is 10.4. The number of nitrogens with one attached hydrogen (secondary N) is 1. The van der Waals surface area contributed by atoms with Crippen molar-refractivity contribution in [1.82, 2.24) is 14.8 Å². The zero-order chi connectivity index (χ0) is 23.5. The molecule has 0 saturated heterocycles. The van der Waals surface area contributed by atoms with Crippen molar-refractivity contribution >= 4 is 51.3 Å². The largest absolute Gasteiger partial charge is 0.465 e. The van der Waals surface area contributed by atoms with Gasteiger partial charge in [0.1, 0.15) is 5.00 Å². The van der Waals surface area contributed by atoms with E-state index in [1.807, 2.05) is 25.2 Å². The molecule has 7 nitrogen and oxygen atoms in total. The van der Waals surface area contributed by atoms with Crippen molar-refractivity contribution in [2.45, 2.75) is 64.6 Å². The fraction of sp³-hybridized carbons (Fsp3) is 0.478. The number of aromatic nitrogens is 3. The van der Waals surface area contributed by atoms with Crippen LogP contribution >= 0.6 is 34.4 Å². The molecule has 1 amide bonds. The predicted molar refractivity (Wildman–Crippen MR) is 135 cm³/mol. The maximum atomic E-state index is 12.7. The summed E-state index contributed by atoms with van der Waals surface area (Å²) < 4.78 is 7.03. The lowest BCUT2D eigenvalue weighted by Crippen LogP contribution is -2.16. The summed E-state index contributed by atoms with van der Waals surface area (Å²) in [6, 6.07) is 0. The molecule has 1 aliphatic carbocycles. The molecule has 0 unspecified atom stereocenters. The van der Waals surface area contributed by atoms with E-state index in [2.05, 4.69) is 32.4 Å². The standard InChI is InChI=1S/C23H28N4O3S3/c1-5-10-27-20(16-11-31-17-9-7-6-8-15(16)17)25-26-23(27)32-12-18(28)24-21-19(22(29)30-4)13(2)14(3)33-21/h11H,5-10,12H2,1-4H3,(H,24,28). The van der Waals surface area contributed by atoms with Gasteiger partial charge in [0.25, 0.3) is 0 Å². The number of anilines is 1. The number of carbonyl (C=O) groups excluding carboxylic acids is 2. The number of amides is 1. The first kappa shape index (κ1) is 24.0. The lowest BCUT2D eigenvalue weighted by Gasteiger charge is -2.13. The number of fused-ring (bicyclic) bond motifs is 1. The van der Waals surface area contributed by atoms with Crippen LogP contribution in [0.15, 0.2) is 10.5 Å². The molecule has 3 aromatic heterocycles. The summed E-state index contributed by atoms with van der Waals surface area (Å²) in [5.74, 6) is 0.454. The first-order chi connectivity index (χ1) is 15.9. The quantitative estimate of drug-likeness (QED) is 0.322. The number of ether oxygens (including phenoxy) is 1. The number of methoxy groups -OCH3 is 1. The summed E-state index contributed by atoms with van der Waals surface area (Å²) in [5, 5.41) is 15.3. The summed E-state index contributed by atoms with van der Waals surface area (Å²) >= 11 is 4.58. The van der Waals surface area contributed by atoms with Crippen LogP contribution in [0.1, 0.15) is 57.4 Å². The van der Waals surface area contributed by atoms with E-state index >= 15 is 0 Å². The first-order valence-electron chi connectivity index (χ1n) is 11.1. The van der Waals surface area contributed by atoms with E-state index < -0.39 is 5.97 Å². The maximum absolute atomic E-state index is 12.7. The molecule has 0 aromatic carbocycles. The molecule has 0 atom stereocenters. The van der Waals surface area contributed by atoms with Crippen LogP contribution < -0.4 is 5.32 Å². The highest BCUT2D eigenvalue weighted by Crippen LogP contribution is 2.37. The van der Waals surface area contributed by atoms with Crippen LogP contribution in [0.2, 0.25) is 0 Å². The smallest absolute Gasteiger partial charge is 0.341 e. The number of nitrogens with zero attached hydrogens (tertiary/aromatic N) is 3. The zero-order valence-corrected chi connectivity index (χ0v) is 21.8. The van der Waals surface area contributed by atoms with Crippen molar-refractivity contribution in [3.8, 4) is 11.4 Å². The van der Waals surface area contributed by atoms with Gasteiger partial charge in [-0.15, -0.1) is 32.9 Å².